The number of phenolic OH excluding ortho intramolecular Hbond substituents is 2. The highest BCUT2D eigenvalue weighted by atomic mass is 16.3. The number of nitrogens with zero attached hydrogens (tertiary/aromatic N) is 1. The van der Waals surface area contributed by atoms with Crippen molar-refractivity contribution in [1.82, 2.24) is 0 Å². The number of nitriles is 1. The van der Waals surface area contributed by atoms with Crippen LogP contribution in [0.15, 0.2) is 18.2 Å². The minimum absolute atomic E-state index is 0.169. The molecule has 0 saturated carbocycles. The molecule has 4 heteroatoms. The van der Waals surface area contributed by atoms with Crippen LogP contribution in [0.2, 0.25) is 0 Å². The molecule has 0 radical (unpaired) electrons. The standard InChI is InChI=1S/C8H8N2O2/c9-3-4-10-6-1-2-7(11)8(12)5-6/h1-2,5,10-12H,4H2. The molecule has 0 saturated heterocycles. The van der Waals surface area contributed by atoms with Gasteiger partial charge in [0.25, 0.3) is 0 Å². The Morgan fingerprint density at radius 1 is 1.33 bits per heavy atom. The predicted molar refractivity (Wildman–Crippen MR) is 43.9 cm³/mol. The van der Waals surface area contributed by atoms with Crippen LogP contribution in [0.25, 0.3) is 0 Å². The van der Waals surface area contributed by atoms with Crippen molar-refractivity contribution in [3.63, 3.8) is 0 Å². The average Bonchev–Trinajstić information content (AvgIpc) is 2.07. The van der Waals surface area contributed by atoms with E-state index in [9.17, 15) is 0 Å². The number of nitrogens with one attached hydrogen (secondary N) is 1. The minimum atomic E-state index is -0.196. The average molecular weight is 164 g/mol. The highest BCUT2D eigenvalue weighted by Gasteiger charge is 1.98. The van der Waals surface area contributed by atoms with Gasteiger partial charge < -0.3 is 15.5 Å². The number of benzene rings is 1. The van der Waals surface area contributed by atoms with Crippen molar-refractivity contribution in [2.24, 2.45) is 0 Å². The highest BCUT2D eigenvalue weighted by Crippen LogP contribution is 2.26. The van der Waals surface area contributed by atoms with Crippen LogP contribution in [0.3, 0.4) is 0 Å². The van der Waals surface area contributed by atoms with E-state index in [1.807, 2.05) is 6.07 Å². The molecule has 0 spiro atoms. The van der Waals surface area contributed by atoms with E-state index in [4.69, 9.17) is 15.5 Å². The second kappa shape index (κ2) is 3.49. The Morgan fingerprint density at radius 2 is 2.08 bits per heavy atom. The van der Waals surface area contributed by atoms with Crippen LogP contribution in [-0.2, 0) is 0 Å². The van der Waals surface area contributed by atoms with Crippen LogP contribution in [-0.4, -0.2) is 16.8 Å². The van der Waals surface area contributed by atoms with Crippen molar-refractivity contribution in [2.75, 3.05) is 11.9 Å². The molecule has 0 amide bonds. The zero-order chi connectivity index (χ0) is 8.97. The first kappa shape index (κ1) is 8.21. The maximum atomic E-state index is 9.03. The van der Waals surface area contributed by atoms with E-state index in [0.29, 0.717) is 5.69 Å². The molecule has 0 aliphatic carbocycles. The first-order valence-electron chi connectivity index (χ1n) is 3.37. The van der Waals surface area contributed by atoms with E-state index < -0.39 is 0 Å². The molecule has 3 N–H and O–H groups in total. The van der Waals surface area contributed by atoms with Gasteiger partial charge in [-0.2, -0.15) is 5.26 Å². The SMILES string of the molecule is N#CCNc1ccc(O)c(O)c1. The molecule has 62 valence electrons. The molecular formula is C8H8N2O2. The maximum absolute atomic E-state index is 9.03. The second-order valence-electron chi connectivity index (χ2n) is 2.22. The topological polar surface area (TPSA) is 76.3 Å². The molecule has 1 aromatic rings. The van der Waals surface area contributed by atoms with E-state index in [-0.39, 0.29) is 18.0 Å². The van der Waals surface area contributed by atoms with Crippen LogP contribution < -0.4 is 5.32 Å². The zero-order valence-electron chi connectivity index (χ0n) is 6.28. The third-order valence-electron chi connectivity index (χ3n) is 1.35. The lowest BCUT2D eigenvalue weighted by atomic mass is 10.3. The zero-order valence-corrected chi connectivity index (χ0v) is 6.28. The number of phenols is 2. The lowest BCUT2D eigenvalue weighted by Gasteiger charge is -2.02. The molecular weight excluding hydrogens is 156 g/mol. The largest absolute Gasteiger partial charge is 0.504 e. The predicted octanol–water partition coefficient (Wildman–Crippen LogP) is 1.03. The lowest BCUT2D eigenvalue weighted by molar-refractivity contribution is 0.404. The lowest BCUT2D eigenvalue weighted by Crippen LogP contribution is -1.97. The molecule has 0 unspecified atom stereocenters. The molecule has 1 rings (SSSR count). The van der Waals surface area contributed by atoms with Gasteiger partial charge in [0.2, 0.25) is 0 Å². The van der Waals surface area contributed by atoms with Crippen molar-refractivity contribution >= 4 is 5.69 Å². The van der Waals surface area contributed by atoms with E-state index in [2.05, 4.69) is 5.32 Å². The Labute approximate surface area is 69.7 Å². The molecule has 4 nitrogen and oxygen atoms in total. The molecule has 0 fully saturated rings. The number of hydrogen-bond donors (Lipinski definition) is 3. The third kappa shape index (κ3) is 1.80. The van der Waals surface area contributed by atoms with Crippen LogP contribution in [0.4, 0.5) is 5.69 Å². The fourth-order valence-electron chi connectivity index (χ4n) is 0.775. The molecule has 12 heavy (non-hydrogen) atoms. The van der Waals surface area contributed by atoms with E-state index >= 15 is 0 Å². The van der Waals surface area contributed by atoms with Gasteiger partial charge in [0.1, 0.15) is 6.54 Å². The summed E-state index contributed by atoms with van der Waals surface area (Å²) in [4.78, 5) is 0. The summed E-state index contributed by atoms with van der Waals surface area (Å²) in [6.07, 6.45) is 0. The van der Waals surface area contributed by atoms with E-state index in [0.717, 1.165) is 0 Å². The summed E-state index contributed by atoms with van der Waals surface area (Å²) in [5.74, 6) is -0.365. The molecule has 1 aromatic carbocycles. The van der Waals surface area contributed by atoms with Crippen molar-refractivity contribution < 1.29 is 10.2 Å². The summed E-state index contributed by atoms with van der Waals surface area (Å²) in [6, 6.07) is 6.18. The highest BCUT2D eigenvalue weighted by molar-refractivity contribution is 5.53. The summed E-state index contributed by atoms with van der Waals surface area (Å²) in [6.45, 7) is 0.171. The van der Waals surface area contributed by atoms with Gasteiger partial charge in [-0.05, 0) is 12.1 Å². The smallest absolute Gasteiger partial charge is 0.159 e. The van der Waals surface area contributed by atoms with Crippen molar-refractivity contribution in [3.8, 4) is 17.6 Å². The fraction of sp³-hybridized carbons (Fsp3) is 0.125. The maximum Gasteiger partial charge on any atom is 0.159 e. The van der Waals surface area contributed by atoms with Gasteiger partial charge >= 0.3 is 0 Å². The van der Waals surface area contributed by atoms with Crippen molar-refractivity contribution in [3.05, 3.63) is 18.2 Å². The van der Waals surface area contributed by atoms with Crippen molar-refractivity contribution in [2.45, 2.75) is 0 Å². The number of hydrogen-bond acceptors (Lipinski definition) is 4. The second-order valence-corrected chi connectivity index (χ2v) is 2.22. The van der Waals surface area contributed by atoms with Crippen LogP contribution >= 0.6 is 0 Å². The summed E-state index contributed by atoms with van der Waals surface area (Å²) < 4.78 is 0. The van der Waals surface area contributed by atoms with Crippen LogP contribution in [0, 0.1) is 11.3 Å². The van der Waals surface area contributed by atoms with Gasteiger partial charge in [0.05, 0.1) is 6.07 Å². The minimum Gasteiger partial charge on any atom is -0.504 e. The van der Waals surface area contributed by atoms with Gasteiger partial charge in [-0.3, -0.25) is 0 Å². The molecule has 0 aliphatic heterocycles. The molecule has 0 atom stereocenters. The fourth-order valence-corrected chi connectivity index (χ4v) is 0.775. The Bertz CT molecular complexity index is 317. The summed E-state index contributed by atoms with van der Waals surface area (Å²) in [5.41, 5.74) is 0.604. The Balaban J connectivity index is 2.77. The van der Waals surface area contributed by atoms with E-state index in [1.54, 1.807) is 6.07 Å². The number of rotatable bonds is 2. The van der Waals surface area contributed by atoms with Crippen molar-refractivity contribution in [1.29, 1.82) is 5.26 Å². The van der Waals surface area contributed by atoms with Crippen LogP contribution in [0.5, 0.6) is 11.5 Å². The van der Waals surface area contributed by atoms with Gasteiger partial charge in [-0.15, -0.1) is 0 Å². The van der Waals surface area contributed by atoms with Crippen LogP contribution in [0.1, 0.15) is 0 Å². The summed E-state index contributed by atoms with van der Waals surface area (Å²) in [7, 11) is 0. The van der Waals surface area contributed by atoms with E-state index in [1.165, 1.54) is 12.1 Å². The number of aromatic hydroxyl groups is 2. The first-order valence-corrected chi connectivity index (χ1v) is 3.37. The summed E-state index contributed by atoms with van der Waals surface area (Å²) in [5, 5.41) is 28.9. The third-order valence-corrected chi connectivity index (χ3v) is 1.35. The molecule has 0 bridgehead atoms. The summed E-state index contributed by atoms with van der Waals surface area (Å²) >= 11 is 0. The molecule has 0 aromatic heterocycles. The Kier molecular flexibility index (Phi) is 2.38. The first-order chi connectivity index (χ1) is 5.74. The van der Waals surface area contributed by atoms with Gasteiger partial charge in [0.15, 0.2) is 11.5 Å². The number of anilines is 1. The monoisotopic (exact) mass is 164 g/mol. The Hall–Kier alpha value is -1.89. The van der Waals surface area contributed by atoms with Gasteiger partial charge in [-0.25, -0.2) is 0 Å². The van der Waals surface area contributed by atoms with Gasteiger partial charge in [-0.1, -0.05) is 0 Å². The molecule has 0 heterocycles. The quantitative estimate of drug-likeness (QED) is 0.346. The normalized spacial score (nSPS) is 8.92. The Morgan fingerprint density at radius 3 is 2.67 bits per heavy atom. The molecule has 0 aliphatic rings. The van der Waals surface area contributed by atoms with Gasteiger partial charge in [0, 0.05) is 11.8 Å².